The third-order valence-corrected chi connectivity index (χ3v) is 2.87. The summed E-state index contributed by atoms with van der Waals surface area (Å²) in [6.07, 6.45) is 1.80. The van der Waals surface area contributed by atoms with E-state index in [2.05, 4.69) is 9.88 Å². The van der Waals surface area contributed by atoms with Gasteiger partial charge in [0.2, 0.25) is 0 Å². The highest BCUT2D eigenvalue weighted by molar-refractivity contribution is 5.54. The van der Waals surface area contributed by atoms with E-state index in [-0.39, 0.29) is 0 Å². The second kappa shape index (κ2) is 8.72. The van der Waals surface area contributed by atoms with Crippen LogP contribution >= 0.6 is 0 Å². The van der Waals surface area contributed by atoms with Gasteiger partial charge in [-0.2, -0.15) is 0 Å². The van der Waals surface area contributed by atoms with Crippen molar-refractivity contribution in [2.45, 2.75) is 20.8 Å². The summed E-state index contributed by atoms with van der Waals surface area (Å²) in [6, 6.07) is 1.91. The molecule has 0 saturated heterocycles. The summed E-state index contributed by atoms with van der Waals surface area (Å²) in [5.74, 6) is 0.877. The first-order valence-electron chi connectivity index (χ1n) is 6.81. The lowest BCUT2D eigenvalue weighted by Gasteiger charge is -2.24. The normalized spacial score (nSPS) is 10.7. The molecule has 0 radical (unpaired) electrons. The van der Waals surface area contributed by atoms with Crippen molar-refractivity contribution >= 4 is 11.5 Å². The number of nitrogen functional groups attached to an aromatic ring is 1. The molecular weight excluding hydrogens is 242 g/mol. The topological polar surface area (TPSA) is 60.6 Å². The van der Waals surface area contributed by atoms with Gasteiger partial charge in [-0.05, 0) is 26.3 Å². The van der Waals surface area contributed by atoms with Crippen LogP contribution in [0.4, 0.5) is 11.5 Å². The van der Waals surface area contributed by atoms with E-state index in [0.717, 1.165) is 43.4 Å². The van der Waals surface area contributed by atoms with E-state index in [1.165, 1.54) is 0 Å². The average Bonchev–Trinajstić information content (AvgIpc) is 2.41. The molecule has 0 amide bonds. The van der Waals surface area contributed by atoms with Crippen LogP contribution in [0.15, 0.2) is 12.3 Å². The standard InChI is InChI=1S/C14H25N3O2/c1-4-18-8-6-17(7-9-19-5-2)14-10-13(15)12(3)11-16-14/h10-11H,4-9H2,1-3H3,(H2,15,16). The van der Waals surface area contributed by atoms with Crippen molar-refractivity contribution in [3.05, 3.63) is 17.8 Å². The molecule has 0 spiro atoms. The predicted octanol–water partition coefficient (Wildman–Crippen LogP) is 1.85. The first-order chi connectivity index (χ1) is 9.19. The zero-order chi connectivity index (χ0) is 14.1. The van der Waals surface area contributed by atoms with Crippen LogP contribution in [-0.2, 0) is 9.47 Å². The summed E-state index contributed by atoms with van der Waals surface area (Å²) in [7, 11) is 0. The van der Waals surface area contributed by atoms with Gasteiger partial charge in [0, 0.05) is 44.3 Å². The Morgan fingerprint density at radius 2 is 1.74 bits per heavy atom. The first kappa shape index (κ1) is 15.7. The SMILES string of the molecule is CCOCCN(CCOCC)c1cc(N)c(C)cn1. The summed E-state index contributed by atoms with van der Waals surface area (Å²) in [5.41, 5.74) is 7.70. The number of anilines is 2. The van der Waals surface area contributed by atoms with Crippen LogP contribution in [0.1, 0.15) is 19.4 Å². The van der Waals surface area contributed by atoms with E-state index >= 15 is 0 Å². The summed E-state index contributed by atoms with van der Waals surface area (Å²) < 4.78 is 10.8. The molecule has 5 heteroatoms. The van der Waals surface area contributed by atoms with Crippen LogP contribution < -0.4 is 10.6 Å². The number of hydrogen-bond acceptors (Lipinski definition) is 5. The fourth-order valence-corrected chi connectivity index (χ4v) is 1.68. The van der Waals surface area contributed by atoms with Crippen molar-refractivity contribution in [1.29, 1.82) is 0 Å². The monoisotopic (exact) mass is 267 g/mol. The molecule has 0 saturated carbocycles. The van der Waals surface area contributed by atoms with Crippen LogP contribution in [0.5, 0.6) is 0 Å². The Morgan fingerprint density at radius 3 is 2.21 bits per heavy atom. The number of rotatable bonds is 9. The Bertz CT molecular complexity index is 362. The number of nitrogens with two attached hydrogens (primary N) is 1. The average molecular weight is 267 g/mol. The van der Waals surface area contributed by atoms with Gasteiger partial charge in [0.25, 0.3) is 0 Å². The maximum absolute atomic E-state index is 5.94. The minimum atomic E-state index is 0.679. The molecule has 0 aliphatic carbocycles. The zero-order valence-corrected chi connectivity index (χ0v) is 12.2. The highest BCUT2D eigenvalue weighted by Crippen LogP contribution is 2.17. The molecule has 0 bridgehead atoms. The maximum Gasteiger partial charge on any atom is 0.130 e. The van der Waals surface area contributed by atoms with Gasteiger partial charge < -0.3 is 20.1 Å². The molecule has 1 rings (SSSR count). The molecule has 0 fully saturated rings. The molecule has 19 heavy (non-hydrogen) atoms. The number of hydrogen-bond donors (Lipinski definition) is 1. The third kappa shape index (κ3) is 5.44. The second-order valence-corrected chi connectivity index (χ2v) is 4.28. The molecule has 0 aliphatic rings. The number of aromatic nitrogens is 1. The molecule has 1 aromatic heterocycles. The van der Waals surface area contributed by atoms with E-state index in [9.17, 15) is 0 Å². The number of aryl methyl sites for hydroxylation is 1. The van der Waals surface area contributed by atoms with Crippen molar-refractivity contribution < 1.29 is 9.47 Å². The molecule has 2 N–H and O–H groups in total. The molecule has 0 atom stereocenters. The second-order valence-electron chi connectivity index (χ2n) is 4.28. The fraction of sp³-hybridized carbons (Fsp3) is 0.643. The summed E-state index contributed by atoms with van der Waals surface area (Å²) in [6.45, 7) is 10.3. The zero-order valence-electron chi connectivity index (χ0n) is 12.2. The van der Waals surface area contributed by atoms with E-state index in [4.69, 9.17) is 15.2 Å². The van der Waals surface area contributed by atoms with Crippen LogP contribution in [0.2, 0.25) is 0 Å². The lowest BCUT2D eigenvalue weighted by molar-refractivity contribution is 0.141. The molecule has 1 heterocycles. The van der Waals surface area contributed by atoms with E-state index < -0.39 is 0 Å². The van der Waals surface area contributed by atoms with Crippen molar-refractivity contribution in [1.82, 2.24) is 4.98 Å². The van der Waals surface area contributed by atoms with Crippen LogP contribution in [0.3, 0.4) is 0 Å². The minimum Gasteiger partial charge on any atom is -0.398 e. The fourth-order valence-electron chi connectivity index (χ4n) is 1.68. The van der Waals surface area contributed by atoms with Gasteiger partial charge in [0.15, 0.2) is 0 Å². The summed E-state index contributed by atoms with van der Waals surface area (Å²) >= 11 is 0. The Balaban J connectivity index is 2.66. The van der Waals surface area contributed by atoms with Crippen molar-refractivity contribution in [3.63, 3.8) is 0 Å². The number of ether oxygens (including phenoxy) is 2. The Hall–Kier alpha value is -1.33. The van der Waals surface area contributed by atoms with Crippen LogP contribution in [-0.4, -0.2) is 44.5 Å². The lowest BCUT2D eigenvalue weighted by Crippen LogP contribution is -2.32. The van der Waals surface area contributed by atoms with Crippen LogP contribution in [0, 0.1) is 6.92 Å². The molecule has 108 valence electrons. The third-order valence-electron chi connectivity index (χ3n) is 2.87. The quantitative estimate of drug-likeness (QED) is 0.692. The smallest absolute Gasteiger partial charge is 0.130 e. The van der Waals surface area contributed by atoms with Crippen molar-refractivity contribution in [2.24, 2.45) is 0 Å². The lowest BCUT2D eigenvalue weighted by atomic mass is 10.2. The van der Waals surface area contributed by atoms with Gasteiger partial charge in [-0.15, -0.1) is 0 Å². The molecule has 5 nitrogen and oxygen atoms in total. The van der Waals surface area contributed by atoms with E-state index in [0.29, 0.717) is 13.2 Å². The van der Waals surface area contributed by atoms with Gasteiger partial charge in [-0.3, -0.25) is 0 Å². The Morgan fingerprint density at radius 1 is 1.16 bits per heavy atom. The van der Waals surface area contributed by atoms with Gasteiger partial charge in [-0.1, -0.05) is 0 Å². The highest BCUT2D eigenvalue weighted by atomic mass is 16.5. The van der Waals surface area contributed by atoms with Crippen molar-refractivity contribution in [3.8, 4) is 0 Å². The summed E-state index contributed by atoms with van der Waals surface area (Å²) in [5, 5.41) is 0. The summed E-state index contributed by atoms with van der Waals surface area (Å²) in [4.78, 5) is 6.57. The highest BCUT2D eigenvalue weighted by Gasteiger charge is 2.09. The van der Waals surface area contributed by atoms with E-state index in [1.807, 2.05) is 26.8 Å². The van der Waals surface area contributed by atoms with Crippen molar-refractivity contribution in [2.75, 3.05) is 50.2 Å². The van der Waals surface area contributed by atoms with Gasteiger partial charge in [0.1, 0.15) is 5.82 Å². The number of pyridine rings is 1. The Kier molecular flexibility index (Phi) is 7.22. The number of nitrogens with zero attached hydrogens (tertiary/aromatic N) is 2. The molecular formula is C14H25N3O2. The first-order valence-corrected chi connectivity index (χ1v) is 6.81. The molecule has 0 aliphatic heterocycles. The van der Waals surface area contributed by atoms with Crippen LogP contribution in [0.25, 0.3) is 0 Å². The predicted molar refractivity (Wildman–Crippen MR) is 78.6 cm³/mol. The molecule has 0 unspecified atom stereocenters. The minimum absolute atomic E-state index is 0.679. The molecule has 0 aromatic carbocycles. The van der Waals surface area contributed by atoms with Gasteiger partial charge in [-0.25, -0.2) is 4.98 Å². The molecule has 1 aromatic rings. The maximum atomic E-state index is 5.94. The van der Waals surface area contributed by atoms with Gasteiger partial charge >= 0.3 is 0 Å². The Labute approximate surface area is 115 Å². The van der Waals surface area contributed by atoms with E-state index in [1.54, 1.807) is 6.20 Å². The largest absolute Gasteiger partial charge is 0.398 e. The van der Waals surface area contributed by atoms with Gasteiger partial charge in [0.05, 0.1) is 13.2 Å².